The molecule has 0 N–H and O–H groups in total. The molecule has 0 rings (SSSR count). The molecule has 0 aliphatic heterocycles. The van der Waals surface area contributed by atoms with Crippen molar-refractivity contribution in [2.24, 2.45) is 0 Å². The second-order valence-corrected chi connectivity index (χ2v) is 0.986. The van der Waals surface area contributed by atoms with E-state index < -0.39 is 0 Å². The van der Waals surface area contributed by atoms with Crippen molar-refractivity contribution in [3.63, 3.8) is 0 Å². The molecule has 59 valence electrons. The van der Waals surface area contributed by atoms with Crippen LogP contribution in [0.1, 0.15) is 13.8 Å². The summed E-state index contributed by atoms with van der Waals surface area (Å²) in [6, 6.07) is 0. The summed E-state index contributed by atoms with van der Waals surface area (Å²) in [7, 11) is 0. The molecule has 0 unspecified atom stereocenters. The van der Waals surface area contributed by atoms with Gasteiger partial charge in [-0.3, -0.25) is 0 Å². The zero-order chi connectivity index (χ0) is 6.83. The number of rotatable bonds is 0. The molecule has 0 bridgehead atoms. The maximum absolute atomic E-state index is 3.30. The molecule has 0 atom stereocenters. The average molecular weight is 224 g/mol. The van der Waals surface area contributed by atoms with Gasteiger partial charge in [-0.15, -0.1) is 11.5 Å². The van der Waals surface area contributed by atoms with Gasteiger partial charge in [-0.25, -0.2) is 0 Å². The third-order valence-corrected chi connectivity index (χ3v) is 0.408. The molecule has 0 aliphatic rings. The van der Waals surface area contributed by atoms with E-state index in [1.54, 1.807) is 12.2 Å². The molecule has 0 nitrogen and oxygen atoms in total. The fourth-order valence-electron chi connectivity index (χ4n) is 0. The first-order chi connectivity index (χ1) is 3.83. The Kier molecular flexibility index (Phi) is 85.7. The average Bonchev–Trinajstić information content (AvgIpc) is 1.88. The SMILES string of the molecule is C=C=CC.C=C=CC.[CH3-].[Ru+]. The van der Waals surface area contributed by atoms with Crippen molar-refractivity contribution in [3.8, 4) is 0 Å². The van der Waals surface area contributed by atoms with Gasteiger partial charge in [0.15, 0.2) is 0 Å². The minimum Gasteiger partial charge on any atom is -0.358 e. The Labute approximate surface area is 77.8 Å². The summed E-state index contributed by atoms with van der Waals surface area (Å²) in [5.41, 5.74) is 5.11. The van der Waals surface area contributed by atoms with Crippen LogP contribution >= 0.6 is 0 Å². The number of hydrogen-bond acceptors (Lipinski definition) is 0. The van der Waals surface area contributed by atoms with E-state index in [0.717, 1.165) is 0 Å². The van der Waals surface area contributed by atoms with Gasteiger partial charge >= 0.3 is 19.5 Å². The van der Waals surface area contributed by atoms with E-state index in [0.29, 0.717) is 0 Å². The van der Waals surface area contributed by atoms with Crippen molar-refractivity contribution in [1.82, 2.24) is 0 Å². The normalized spacial score (nSPS) is 3.40. The van der Waals surface area contributed by atoms with Crippen molar-refractivity contribution in [1.29, 1.82) is 0 Å². The summed E-state index contributed by atoms with van der Waals surface area (Å²) in [6.45, 7) is 10.4. The van der Waals surface area contributed by atoms with Crippen LogP contribution in [0.3, 0.4) is 0 Å². The zero-order valence-electron chi connectivity index (χ0n) is 6.92. The van der Waals surface area contributed by atoms with Crippen molar-refractivity contribution in [2.45, 2.75) is 13.8 Å². The van der Waals surface area contributed by atoms with Crippen LogP contribution in [0, 0.1) is 7.43 Å². The Balaban J connectivity index is -0.0000000300. The summed E-state index contributed by atoms with van der Waals surface area (Å²) >= 11 is 0. The Morgan fingerprint density at radius 2 is 1.10 bits per heavy atom. The van der Waals surface area contributed by atoms with Crippen molar-refractivity contribution < 1.29 is 19.5 Å². The second kappa shape index (κ2) is 37.9. The van der Waals surface area contributed by atoms with Crippen LogP contribution in [0.25, 0.3) is 0 Å². The van der Waals surface area contributed by atoms with Gasteiger partial charge in [-0.2, -0.15) is 0 Å². The summed E-state index contributed by atoms with van der Waals surface area (Å²) in [5, 5.41) is 0. The minimum atomic E-state index is 0. The van der Waals surface area contributed by atoms with Crippen LogP contribution in [-0.2, 0) is 19.5 Å². The van der Waals surface area contributed by atoms with Gasteiger partial charge in [-0.05, 0) is 26.0 Å². The molecular weight excluding hydrogens is 209 g/mol. The van der Waals surface area contributed by atoms with E-state index in [9.17, 15) is 0 Å². The second-order valence-electron chi connectivity index (χ2n) is 0.986. The van der Waals surface area contributed by atoms with E-state index in [4.69, 9.17) is 0 Å². The molecule has 0 aliphatic carbocycles. The predicted molar refractivity (Wildman–Crippen MR) is 45.2 cm³/mol. The van der Waals surface area contributed by atoms with Gasteiger partial charge in [-0.1, -0.05) is 13.2 Å². The molecule has 0 spiro atoms. The molecule has 0 aromatic carbocycles. The van der Waals surface area contributed by atoms with E-state index >= 15 is 0 Å². The molecule has 10 heavy (non-hydrogen) atoms. The molecule has 1 radical (unpaired) electrons. The van der Waals surface area contributed by atoms with Gasteiger partial charge in [0.05, 0.1) is 0 Å². The van der Waals surface area contributed by atoms with Crippen LogP contribution in [-0.4, -0.2) is 0 Å². The first-order valence-corrected chi connectivity index (χ1v) is 2.44. The van der Waals surface area contributed by atoms with Gasteiger partial charge < -0.3 is 7.43 Å². The van der Waals surface area contributed by atoms with E-state index in [2.05, 4.69) is 24.6 Å². The van der Waals surface area contributed by atoms with Crippen molar-refractivity contribution >= 4 is 0 Å². The zero-order valence-corrected chi connectivity index (χ0v) is 8.66. The van der Waals surface area contributed by atoms with E-state index in [1.165, 1.54) is 0 Å². The minimum absolute atomic E-state index is 0. The summed E-state index contributed by atoms with van der Waals surface area (Å²) in [4.78, 5) is 0. The predicted octanol–water partition coefficient (Wildman–Crippen LogP) is 3.14. The van der Waals surface area contributed by atoms with Gasteiger partial charge in [0.2, 0.25) is 0 Å². The van der Waals surface area contributed by atoms with Crippen LogP contribution in [0.15, 0.2) is 36.8 Å². The molecule has 0 heterocycles. The summed E-state index contributed by atoms with van der Waals surface area (Å²) in [6.07, 6.45) is 3.53. The maximum atomic E-state index is 3.30. The van der Waals surface area contributed by atoms with Gasteiger partial charge in [0.25, 0.3) is 0 Å². The Bertz CT molecular complexity index is 96.7. The first kappa shape index (κ1) is 22.6. The maximum Gasteiger partial charge on any atom is 1.00 e. The van der Waals surface area contributed by atoms with Gasteiger partial charge in [0.1, 0.15) is 0 Å². The molecule has 0 saturated heterocycles. The monoisotopic (exact) mass is 225 g/mol. The van der Waals surface area contributed by atoms with Crippen LogP contribution in [0.4, 0.5) is 0 Å². The van der Waals surface area contributed by atoms with Crippen molar-refractivity contribution in [2.75, 3.05) is 0 Å². The van der Waals surface area contributed by atoms with Crippen LogP contribution < -0.4 is 0 Å². The van der Waals surface area contributed by atoms with Crippen LogP contribution in [0.5, 0.6) is 0 Å². The molecule has 0 aromatic rings. The Morgan fingerprint density at radius 3 is 1.10 bits per heavy atom. The third-order valence-electron chi connectivity index (χ3n) is 0.408. The molecule has 1 heteroatoms. The Morgan fingerprint density at radius 1 is 1.00 bits per heavy atom. The van der Waals surface area contributed by atoms with E-state index in [-0.39, 0.29) is 26.9 Å². The molecule has 0 aromatic heterocycles. The van der Waals surface area contributed by atoms with Crippen LogP contribution in [0.2, 0.25) is 0 Å². The summed E-state index contributed by atoms with van der Waals surface area (Å²) in [5.74, 6) is 0. The Hall–Kier alpha value is -0.337. The fraction of sp³-hybridized carbons (Fsp3) is 0.222. The quantitative estimate of drug-likeness (QED) is 0.337. The standard InChI is InChI=1S/2C4H6.CH3.Ru/c2*1-3-4-2;;/h2*4H,1H2,2H3;1H3;/q;;-1;+1. The largest absolute Gasteiger partial charge is 1.00 e. The molecular formula is C9H15Ru. The number of hydrogen-bond donors (Lipinski definition) is 0. The molecule has 0 saturated carbocycles. The molecule has 0 amide bonds. The van der Waals surface area contributed by atoms with Gasteiger partial charge in [0, 0.05) is 0 Å². The number of allylic oxidation sites excluding steroid dienone is 2. The smallest absolute Gasteiger partial charge is 0.358 e. The fourth-order valence-corrected chi connectivity index (χ4v) is 0. The van der Waals surface area contributed by atoms with Crippen molar-refractivity contribution in [3.05, 3.63) is 44.2 Å². The van der Waals surface area contributed by atoms with E-state index in [1.807, 2.05) is 13.8 Å². The first-order valence-electron chi connectivity index (χ1n) is 2.44. The topological polar surface area (TPSA) is 0 Å². The summed E-state index contributed by atoms with van der Waals surface area (Å²) < 4.78 is 0. The molecule has 0 fully saturated rings. The third kappa shape index (κ3) is 123.